The summed E-state index contributed by atoms with van der Waals surface area (Å²) in [5.74, 6) is -0.756. The average molecular weight is 322 g/mol. The molecule has 1 atom stereocenters. The van der Waals surface area contributed by atoms with Crippen LogP contribution in [0.1, 0.15) is 23.4 Å². The predicted octanol–water partition coefficient (Wildman–Crippen LogP) is 2.48. The lowest BCUT2D eigenvalue weighted by atomic mass is 10.2. The van der Waals surface area contributed by atoms with Crippen molar-refractivity contribution in [2.75, 3.05) is 7.11 Å². The molecule has 1 aromatic carbocycles. The second-order valence-corrected chi connectivity index (χ2v) is 5.94. The molecular weight excluding hydrogens is 307 g/mol. The number of nitrogens with zero attached hydrogens (tertiary/aromatic N) is 1. The van der Waals surface area contributed by atoms with E-state index < -0.39 is 5.97 Å². The Morgan fingerprint density at radius 3 is 2.73 bits per heavy atom. The van der Waals surface area contributed by atoms with E-state index in [4.69, 9.17) is 0 Å². The second-order valence-electron chi connectivity index (χ2n) is 4.61. The Morgan fingerprint density at radius 2 is 2.09 bits per heavy atom. The molecule has 0 saturated heterocycles. The van der Waals surface area contributed by atoms with Crippen LogP contribution in [0.5, 0.6) is 0 Å². The van der Waals surface area contributed by atoms with E-state index in [0.717, 1.165) is 5.56 Å². The minimum absolute atomic E-state index is 0.0304. The van der Waals surface area contributed by atoms with Crippen molar-refractivity contribution in [1.29, 1.82) is 0 Å². The molecule has 116 valence electrons. The molecular formula is C15H15FN2O3S. The van der Waals surface area contributed by atoms with Crippen molar-refractivity contribution in [3.05, 3.63) is 57.8 Å². The molecule has 1 aromatic heterocycles. The number of hydrogen-bond acceptors (Lipinski definition) is 5. The normalized spacial score (nSPS) is 12.0. The van der Waals surface area contributed by atoms with Crippen LogP contribution in [-0.2, 0) is 16.0 Å². The topological polar surface area (TPSA) is 72.1 Å². The molecule has 0 aliphatic rings. The summed E-state index contributed by atoms with van der Waals surface area (Å²) in [7, 11) is 1.28. The van der Waals surface area contributed by atoms with Gasteiger partial charge in [-0.25, -0.2) is 9.37 Å². The molecule has 1 heterocycles. The van der Waals surface area contributed by atoms with Crippen LogP contribution in [-0.4, -0.2) is 23.0 Å². The van der Waals surface area contributed by atoms with Crippen LogP contribution in [0.15, 0.2) is 40.3 Å². The summed E-state index contributed by atoms with van der Waals surface area (Å²) in [5, 5.41) is 0.375. The van der Waals surface area contributed by atoms with Crippen molar-refractivity contribution < 1.29 is 13.9 Å². The molecule has 7 heteroatoms. The number of carbonyl (C=O) groups excluding carboxylic acids is 1. The number of methoxy groups -OCH3 is 1. The van der Waals surface area contributed by atoms with Gasteiger partial charge in [0.25, 0.3) is 5.56 Å². The van der Waals surface area contributed by atoms with E-state index >= 15 is 0 Å². The van der Waals surface area contributed by atoms with Crippen molar-refractivity contribution >= 4 is 17.7 Å². The van der Waals surface area contributed by atoms with Crippen molar-refractivity contribution in [2.45, 2.75) is 23.8 Å². The molecule has 0 bridgehead atoms. The first kappa shape index (κ1) is 16.2. The number of esters is 1. The fourth-order valence-corrected chi connectivity index (χ4v) is 2.78. The maximum Gasteiger partial charge on any atom is 0.311 e. The maximum absolute atomic E-state index is 12.9. The molecule has 2 rings (SSSR count). The highest BCUT2D eigenvalue weighted by molar-refractivity contribution is 7.99. The van der Waals surface area contributed by atoms with Gasteiger partial charge in [0.1, 0.15) is 5.82 Å². The zero-order valence-electron chi connectivity index (χ0n) is 12.1. The number of aromatic nitrogens is 2. The van der Waals surface area contributed by atoms with E-state index in [1.807, 2.05) is 6.92 Å². The molecule has 0 saturated carbocycles. The Labute approximate surface area is 130 Å². The summed E-state index contributed by atoms with van der Waals surface area (Å²) in [4.78, 5) is 29.8. The number of ether oxygens (including phenoxy) is 1. The number of H-pyrrole nitrogens is 1. The summed E-state index contributed by atoms with van der Waals surface area (Å²) >= 11 is 1.32. The van der Waals surface area contributed by atoms with Crippen LogP contribution in [0.25, 0.3) is 0 Å². The van der Waals surface area contributed by atoms with Crippen molar-refractivity contribution in [3.8, 4) is 0 Å². The number of benzene rings is 1. The summed E-state index contributed by atoms with van der Waals surface area (Å²) < 4.78 is 17.5. The Kier molecular flexibility index (Phi) is 5.32. The third kappa shape index (κ3) is 4.42. The zero-order valence-corrected chi connectivity index (χ0v) is 12.9. The van der Waals surface area contributed by atoms with Crippen LogP contribution < -0.4 is 5.56 Å². The van der Waals surface area contributed by atoms with Gasteiger partial charge in [0, 0.05) is 11.3 Å². The average Bonchev–Trinajstić information content (AvgIpc) is 2.47. The summed E-state index contributed by atoms with van der Waals surface area (Å²) in [5.41, 5.74) is 0.930. The minimum Gasteiger partial charge on any atom is -0.469 e. The monoisotopic (exact) mass is 322 g/mol. The van der Waals surface area contributed by atoms with Gasteiger partial charge in [0.2, 0.25) is 0 Å². The van der Waals surface area contributed by atoms with Crippen molar-refractivity contribution in [3.63, 3.8) is 0 Å². The van der Waals surface area contributed by atoms with Crippen molar-refractivity contribution in [1.82, 2.24) is 9.97 Å². The zero-order chi connectivity index (χ0) is 16.1. The van der Waals surface area contributed by atoms with Crippen LogP contribution >= 0.6 is 11.8 Å². The molecule has 0 fully saturated rings. The second kappa shape index (κ2) is 7.22. The van der Waals surface area contributed by atoms with Gasteiger partial charge in [-0.05, 0) is 24.6 Å². The summed E-state index contributed by atoms with van der Waals surface area (Å²) in [6.07, 6.45) is -0.0566. The molecule has 0 aliphatic heterocycles. The summed E-state index contributed by atoms with van der Waals surface area (Å²) in [6, 6.07) is 7.41. The number of thioether (sulfide) groups is 1. The molecule has 2 aromatic rings. The predicted molar refractivity (Wildman–Crippen MR) is 81.2 cm³/mol. The quantitative estimate of drug-likeness (QED) is 0.520. The maximum atomic E-state index is 12.9. The molecule has 0 radical (unpaired) electrons. The number of hydrogen-bond donors (Lipinski definition) is 1. The van der Waals surface area contributed by atoms with E-state index in [1.165, 1.54) is 37.1 Å². The van der Waals surface area contributed by atoms with Gasteiger partial charge in [-0.3, -0.25) is 9.59 Å². The first-order valence-corrected chi connectivity index (χ1v) is 7.45. The van der Waals surface area contributed by atoms with Crippen LogP contribution in [0.4, 0.5) is 4.39 Å². The van der Waals surface area contributed by atoms with Gasteiger partial charge in [-0.2, -0.15) is 0 Å². The highest BCUT2D eigenvalue weighted by Gasteiger charge is 2.12. The van der Waals surface area contributed by atoms with Gasteiger partial charge in [0.15, 0.2) is 5.16 Å². The van der Waals surface area contributed by atoms with E-state index in [1.54, 1.807) is 12.1 Å². The molecule has 0 amide bonds. The third-order valence-corrected chi connectivity index (χ3v) is 4.00. The van der Waals surface area contributed by atoms with Crippen molar-refractivity contribution in [2.24, 2.45) is 0 Å². The number of halogens is 1. The standard InChI is InChI=1S/C15H15FN2O3S/c1-9(10-3-5-11(16)6-4-10)22-15-17-12(7-13(19)18-15)8-14(20)21-2/h3-7,9H,8H2,1-2H3,(H,17,18,19)/t9-/m1/s1. The molecule has 1 N–H and O–H groups in total. The van der Waals surface area contributed by atoms with E-state index in [0.29, 0.717) is 10.9 Å². The highest BCUT2D eigenvalue weighted by atomic mass is 32.2. The Bertz CT molecular complexity index is 715. The lowest BCUT2D eigenvalue weighted by Crippen LogP contribution is -2.14. The molecule has 0 aliphatic carbocycles. The van der Waals surface area contributed by atoms with Gasteiger partial charge in [0.05, 0.1) is 19.2 Å². The van der Waals surface area contributed by atoms with Crippen LogP contribution in [0.2, 0.25) is 0 Å². The van der Waals surface area contributed by atoms with Gasteiger partial charge in [-0.1, -0.05) is 23.9 Å². The van der Waals surface area contributed by atoms with Gasteiger partial charge in [-0.15, -0.1) is 0 Å². The van der Waals surface area contributed by atoms with E-state index in [-0.39, 0.29) is 23.0 Å². The highest BCUT2D eigenvalue weighted by Crippen LogP contribution is 2.32. The fraction of sp³-hybridized carbons (Fsp3) is 0.267. The number of carbonyl (C=O) groups is 1. The molecule has 0 unspecified atom stereocenters. The smallest absolute Gasteiger partial charge is 0.311 e. The SMILES string of the molecule is COC(=O)Cc1cc(=O)[nH]c(S[C@H](C)c2ccc(F)cc2)n1. The van der Waals surface area contributed by atoms with Crippen LogP contribution in [0, 0.1) is 5.82 Å². The van der Waals surface area contributed by atoms with E-state index in [2.05, 4.69) is 14.7 Å². The van der Waals surface area contributed by atoms with E-state index in [9.17, 15) is 14.0 Å². The lowest BCUT2D eigenvalue weighted by Gasteiger charge is -2.11. The number of aromatic amines is 1. The fourth-order valence-electron chi connectivity index (χ4n) is 1.82. The Hall–Kier alpha value is -2.15. The molecule has 0 spiro atoms. The lowest BCUT2D eigenvalue weighted by molar-refractivity contribution is -0.139. The molecule has 5 nitrogen and oxygen atoms in total. The third-order valence-electron chi connectivity index (χ3n) is 2.95. The first-order valence-electron chi connectivity index (χ1n) is 6.57. The number of nitrogens with one attached hydrogen (secondary N) is 1. The van der Waals surface area contributed by atoms with Gasteiger partial charge >= 0.3 is 5.97 Å². The van der Waals surface area contributed by atoms with Crippen LogP contribution in [0.3, 0.4) is 0 Å². The first-order chi connectivity index (χ1) is 10.5. The number of rotatable bonds is 5. The minimum atomic E-state index is -0.458. The van der Waals surface area contributed by atoms with Gasteiger partial charge < -0.3 is 9.72 Å². The largest absolute Gasteiger partial charge is 0.469 e. The Balaban J connectivity index is 2.16. The molecule has 22 heavy (non-hydrogen) atoms. The Morgan fingerprint density at radius 1 is 1.41 bits per heavy atom. The summed E-state index contributed by atoms with van der Waals surface area (Å²) in [6.45, 7) is 1.92.